The van der Waals surface area contributed by atoms with Gasteiger partial charge in [-0.05, 0) is 41.5 Å². The lowest BCUT2D eigenvalue weighted by Gasteiger charge is -2.23. The van der Waals surface area contributed by atoms with Gasteiger partial charge < -0.3 is 21.4 Å². The number of rotatable bonds is 3. The Morgan fingerprint density at radius 2 is 1.39 bits per heavy atom. The molecule has 0 aromatic carbocycles. The molecule has 0 amide bonds. The summed E-state index contributed by atoms with van der Waals surface area (Å²) in [5, 5.41) is 0. The summed E-state index contributed by atoms with van der Waals surface area (Å²) in [4.78, 5) is 22.9. The highest BCUT2D eigenvalue weighted by Crippen LogP contribution is 2.11. The molecule has 0 saturated carbocycles. The fraction of sp³-hybridized carbons (Fsp3) is 0.833. The topological polar surface area (TPSA) is 114 Å². The Labute approximate surface area is 109 Å². The molecule has 1 atom stereocenters. The molecule has 0 rings (SSSR count). The minimum absolute atomic E-state index is 0. The first-order valence-corrected chi connectivity index (χ1v) is 5.61. The van der Waals surface area contributed by atoms with Crippen molar-refractivity contribution in [2.75, 3.05) is 0 Å². The Balaban J connectivity index is 0. The molecule has 0 aromatic rings. The molecular weight excluding hydrogens is 236 g/mol. The summed E-state index contributed by atoms with van der Waals surface area (Å²) in [6, 6.07) is -0.982. The minimum Gasteiger partial charge on any atom is -0.460 e. The lowest BCUT2D eigenvalue weighted by atomic mass is 10.1. The van der Waals surface area contributed by atoms with Gasteiger partial charge in [0.2, 0.25) is 0 Å². The molecule has 0 bridgehead atoms. The Hall–Kier alpha value is -1.14. The van der Waals surface area contributed by atoms with Gasteiger partial charge in [0, 0.05) is 0 Å². The third kappa shape index (κ3) is 10.0. The van der Waals surface area contributed by atoms with E-state index in [2.05, 4.69) is 0 Å². The normalized spacial score (nSPS) is 13.3. The van der Waals surface area contributed by atoms with Gasteiger partial charge in [0.15, 0.2) is 0 Å². The van der Waals surface area contributed by atoms with E-state index in [0.29, 0.717) is 0 Å². The zero-order chi connectivity index (χ0) is 13.9. The highest BCUT2D eigenvalue weighted by Gasteiger charge is 2.26. The van der Waals surface area contributed by atoms with E-state index in [9.17, 15) is 9.59 Å². The molecule has 18 heavy (non-hydrogen) atoms. The van der Waals surface area contributed by atoms with Crippen LogP contribution in [0.5, 0.6) is 0 Å². The first-order chi connectivity index (χ1) is 7.41. The smallest absolute Gasteiger partial charge is 0.324 e. The molecule has 0 aromatic heterocycles. The summed E-state index contributed by atoms with van der Waals surface area (Å²) < 4.78 is 10.1. The Bertz CT molecular complexity index is 289. The van der Waals surface area contributed by atoms with E-state index in [1.165, 1.54) is 0 Å². The van der Waals surface area contributed by atoms with Crippen LogP contribution in [0.25, 0.3) is 0 Å². The van der Waals surface area contributed by atoms with Crippen molar-refractivity contribution in [2.45, 2.75) is 65.2 Å². The molecule has 0 heterocycles. The van der Waals surface area contributed by atoms with E-state index in [0.717, 1.165) is 0 Å². The molecule has 0 aliphatic heterocycles. The highest BCUT2D eigenvalue weighted by molar-refractivity contribution is 5.82. The van der Waals surface area contributed by atoms with E-state index in [4.69, 9.17) is 15.2 Å². The first-order valence-electron chi connectivity index (χ1n) is 5.61. The number of carbonyl (C=O) groups excluding carboxylic acids is 2. The number of hydrogen-bond donors (Lipinski definition) is 2. The lowest BCUT2D eigenvalue weighted by molar-refractivity contribution is -0.163. The maximum absolute atomic E-state index is 11.5. The fourth-order valence-corrected chi connectivity index (χ4v) is 1.02. The zero-order valence-electron chi connectivity index (χ0n) is 12.2. The molecule has 0 spiro atoms. The second kappa shape index (κ2) is 6.70. The average molecular weight is 262 g/mol. The Morgan fingerprint density at radius 1 is 1.00 bits per heavy atom. The number of nitrogens with two attached hydrogens (primary N) is 1. The summed E-state index contributed by atoms with van der Waals surface area (Å²) in [5.74, 6) is -1.10. The minimum atomic E-state index is -0.982. The van der Waals surface area contributed by atoms with Crippen molar-refractivity contribution in [3.8, 4) is 0 Å². The molecule has 6 nitrogen and oxygen atoms in total. The van der Waals surface area contributed by atoms with E-state index in [-0.39, 0.29) is 12.6 Å². The average Bonchev–Trinajstić information content (AvgIpc) is 1.95. The highest BCUT2D eigenvalue weighted by atomic mass is 16.6. The van der Waals surface area contributed by atoms with Crippen molar-refractivity contribution in [1.29, 1.82) is 0 Å². The second-order valence-corrected chi connectivity index (χ2v) is 5.93. The van der Waals surface area contributed by atoms with Gasteiger partial charge >= 0.3 is 11.9 Å². The van der Waals surface area contributed by atoms with Crippen molar-refractivity contribution >= 4 is 11.9 Å². The molecule has 1 unspecified atom stereocenters. The monoisotopic (exact) mass is 262 g/mol. The van der Waals surface area contributed by atoms with Gasteiger partial charge in [-0.15, -0.1) is 0 Å². The van der Waals surface area contributed by atoms with E-state index in [1.54, 1.807) is 41.5 Å². The van der Waals surface area contributed by atoms with Gasteiger partial charge in [-0.25, -0.2) is 0 Å². The van der Waals surface area contributed by atoms with Crippen molar-refractivity contribution in [3.05, 3.63) is 0 Å². The number of ether oxygens (including phenoxy) is 2. The molecule has 6 heteroatoms. The molecule has 0 saturated heterocycles. The van der Waals surface area contributed by atoms with Crippen LogP contribution in [0.2, 0.25) is 0 Å². The van der Waals surface area contributed by atoms with Crippen LogP contribution in [0.15, 0.2) is 0 Å². The summed E-state index contributed by atoms with van der Waals surface area (Å²) >= 11 is 0. The van der Waals surface area contributed by atoms with Gasteiger partial charge in [0.25, 0.3) is 0 Å². The largest absolute Gasteiger partial charge is 0.460 e. The molecule has 0 aliphatic rings. The van der Waals surface area contributed by atoms with Crippen molar-refractivity contribution < 1.29 is 19.1 Å². The summed E-state index contributed by atoms with van der Waals surface area (Å²) in [5.41, 5.74) is 4.38. The van der Waals surface area contributed by atoms with Gasteiger partial charge in [-0.3, -0.25) is 9.59 Å². The zero-order valence-corrected chi connectivity index (χ0v) is 12.2. The Kier molecular flexibility index (Phi) is 7.15. The van der Waals surface area contributed by atoms with Gasteiger partial charge in [-0.1, -0.05) is 0 Å². The van der Waals surface area contributed by atoms with Crippen LogP contribution in [0.3, 0.4) is 0 Å². The van der Waals surface area contributed by atoms with Crippen LogP contribution in [0, 0.1) is 0 Å². The molecule has 0 radical (unpaired) electrons. The van der Waals surface area contributed by atoms with Crippen LogP contribution in [-0.2, 0) is 19.1 Å². The van der Waals surface area contributed by atoms with Crippen LogP contribution in [0.1, 0.15) is 48.0 Å². The van der Waals surface area contributed by atoms with Gasteiger partial charge in [0.05, 0.1) is 6.42 Å². The third-order valence-corrected chi connectivity index (χ3v) is 1.52. The second-order valence-electron chi connectivity index (χ2n) is 5.93. The van der Waals surface area contributed by atoms with E-state index < -0.39 is 29.2 Å². The predicted molar refractivity (Wildman–Crippen MR) is 69.3 cm³/mol. The number of esters is 2. The third-order valence-electron chi connectivity index (χ3n) is 1.52. The quantitative estimate of drug-likeness (QED) is 0.746. The molecule has 5 N–H and O–H groups in total. The maximum Gasteiger partial charge on any atom is 0.324 e. The van der Waals surface area contributed by atoms with Crippen molar-refractivity contribution in [3.63, 3.8) is 0 Å². The van der Waals surface area contributed by atoms with Crippen LogP contribution in [0.4, 0.5) is 0 Å². The van der Waals surface area contributed by atoms with Crippen LogP contribution < -0.4 is 11.9 Å². The van der Waals surface area contributed by atoms with Gasteiger partial charge in [-0.2, -0.15) is 0 Å². The number of carbonyl (C=O) groups is 2. The van der Waals surface area contributed by atoms with Crippen molar-refractivity contribution in [2.24, 2.45) is 5.73 Å². The molecule has 108 valence electrons. The number of hydrogen-bond acceptors (Lipinski definition) is 6. The molecule has 0 aliphatic carbocycles. The van der Waals surface area contributed by atoms with Crippen LogP contribution in [-0.4, -0.2) is 29.2 Å². The van der Waals surface area contributed by atoms with Gasteiger partial charge in [0.1, 0.15) is 17.2 Å². The first kappa shape index (κ1) is 19.2. The summed E-state index contributed by atoms with van der Waals surface area (Å²) in [6.07, 6.45) is -0.174. The molecular formula is C12H26N2O4. The van der Waals surface area contributed by atoms with Crippen LogP contribution >= 0.6 is 0 Å². The standard InChI is InChI=1S/C12H23NO4.H3N/c1-11(2,3)16-9(14)7-8(13)10(15)17-12(4,5)6;/h8H,7,13H2,1-6H3;1H3. The van der Waals surface area contributed by atoms with Crippen molar-refractivity contribution in [1.82, 2.24) is 6.15 Å². The summed E-state index contributed by atoms with van der Waals surface area (Å²) in [7, 11) is 0. The molecule has 0 fully saturated rings. The Morgan fingerprint density at radius 3 is 1.72 bits per heavy atom. The van der Waals surface area contributed by atoms with E-state index >= 15 is 0 Å². The maximum atomic E-state index is 11.5. The summed E-state index contributed by atoms with van der Waals surface area (Å²) in [6.45, 7) is 10.5. The predicted octanol–water partition coefficient (Wildman–Crippen LogP) is 1.55. The lowest BCUT2D eigenvalue weighted by Crippen LogP contribution is -2.40. The fourth-order valence-electron chi connectivity index (χ4n) is 1.02. The van der Waals surface area contributed by atoms with E-state index in [1.807, 2.05) is 0 Å². The SMILES string of the molecule is CC(C)(C)OC(=O)CC(N)C(=O)OC(C)(C)C.N.